The van der Waals surface area contributed by atoms with E-state index in [1.165, 1.54) is 45.3 Å². The van der Waals surface area contributed by atoms with Crippen molar-refractivity contribution >= 4 is 0 Å². The molecule has 3 heteroatoms. The Morgan fingerprint density at radius 1 is 1.16 bits per heavy atom. The average molecular weight is 268 g/mol. The van der Waals surface area contributed by atoms with Crippen LogP contribution in [0.3, 0.4) is 0 Å². The lowest BCUT2D eigenvalue weighted by molar-refractivity contribution is 0.0550. The van der Waals surface area contributed by atoms with Crippen LogP contribution in [0.5, 0.6) is 0 Å². The Bertz CT molecular complexity index is 251. The van der Waals surface area contributed by atoms with E-state index in [1.807, 2.05) is 0 Å². The summed E-state index contributed by atoms with van der Waals surface area (Å²) in [6, 6.07) is 1.41. The van der Waals surface area contributed by atoms with Crippen LogP contribution < -0.4 is 5.32 Å². The van der Waals surface area contributed by atoms with Gasteiger partial charge in [-0.3, -0.25) is 4.90 Å². The molecule has 0 spiro atoms. The number of hydrogen-bond acceptors (Lipinski definition) is 3. The summed E-state index contributed by atoms with van der Waals surface area (Å²) in [5.74, 6) is 1.60. The molecule has 1 N–H and O–H groups in total. The second-order valence-electron chi connectivity index (χ2n) is 6.83. The van der Waals surface area contributed by atoms with Gasteiger partial charge in [-0.05, 0) is 51.0 Å². The molecule has 1 unspecified atom stereocenters. The second-order valence-corrected chi connectivity index (χ2v) is 6.83. The molecular formula is C16H32N2O. The van der Waals surface area contributed by atoms with E-state index < -0.39 is 0 Å². The molecule has 0 aromatic carbocycles. The predicted molar refractivity (Wildman–Crippen MR) is 80.4 cm³/mol. The highest BCUT2D eigenvalue weighted by molar-refractivity contribution is 4.84. The van der Waals surface area contributed by atoms with Crippen molar-refractivity contribution in [2.24, 2.45) is 11.8 Å². The maximum Gasteiger partial charge on any atom is 0.0469 e. The molecule has 3 nitrogen and oxygen atoms in total. The summed E-state index contributed by atoms with van der Waals surface area (Å²) in [5.41, 5.74) is 0. The number of likely N-dealkylation sites (tertiary alicyclic amines) is 1. The molecular weight excluding hydrogens is 236 g/mol. The van der Waals surface area contributed by atoms with Crippen molar-refractivity contribution < 1.29 is 4.74 Å². The van der Waals surface area contributed by atoms with Crippen molar-refractivity contribution in [1.82, 2.24) is 10.2 Å². The molecule has 0 bridgehead atoms. The molecule has 2 aliphatic heterocycles. The van der Waals surface area contributed by atoms with Crippen molar-refractivity contribution in [2.45, 2.75) is 58.5 Å². The summed E-state index contributed by atoms with van der Waals surface area (Å²) in [5, 5.41) is 3.80. The van der Waals surface area contributed by atoms with Gasteiger partial charge in [-0.25, -0.2) is 0 Å². The Hall–Kier alpha value is -0.120. The van der Waals surface area contributed by atoms with Gasteiger partial charge in [-0.1, -0.05) is 13.8 Å². The number of rotatable bonds is 6. The van der Waals surface area contributed by atoms with E-state index in [0.29, 0.717) is 6.04 Å². The van der Waals surface area contributed by atoms with Gasteiger partial charge in [-0.15, -0.1) is 0 Å². The Labute approximate surface area is 119 Å². The van der Waals surface area contributed by atoms with Crippen LogP contribution in [-0.2, 0) is 4.74 Å². The Morgan fingerprint density at radius 3 is 2.58 bits per heavy atom. The van der Waals surface area contributed by atoms with Crippen molar-refractivity contribution in [1.29, 1.82) is 0 Å². The quantitative estimate of drug-likeness (QED) is 0.801. The van der Waals surface area contributed by atoms with Gasteiger partial charge in [0.05, 0.1) is 0 Å². The maximum absolute atomic E-state index is 5.45. The molecule has 19 heavy (non-hydrogen) atoms. The van der Waals surface area contributed by atoms with Crippen LogP contribution in [0, 0.1) is 11.8 Å². The third-order valence-corrected chi connectivity index (χ3v) is 4.75. The van der Waals surface area contributed by atoms with E-state index in [0.717, 1.165) is 31.1 Å². The second kappa shape index (κ2) is 7.61. The summed E-state index contributed by atoms with van der Waals surface area (Å²) < 4.78 is 5.45. The minimum absolute atomic E-state index is 0.644. The van der Waals surface area contributed by atoms with E-state index in [-0.39, 0.29) is 0 Å². The molecule has 0 radical (unpaired) electrons. The number of nitrogens with one attached hydrogen (secondary N) is 1. The van der Waals surface area contributed by atoms with Crippen LogP contribution in [0.4, 0.5) is 0 Å². The molecule has 0 aromatic rings. The van der Waals surface area contributed by atoms with Gasteiger partial charge in [0.1, 0.15) is 0 Å². The van der Waals surface area contributed by atoms with Crippen molar-refractivity contribution in [3.05, 3.63) is 0 Å². The first kappa shape index (κ1) is 15.3. The lowest BCUT2D eigenvalue weighted by Gasteiger charge is -2.31. The molecule has 0 aliphatic carbocycles. The molecule has 0 amide bonds. The van der Waals surface area contributed by atoms with Gasteiger partial charge in [0.15, 0.2) is 0 Å². The first-order valence-electron chi connectivity index (χ1n) is 8.22. The maximum atomic E-state index is 5.45. The predicted octanol–water partition coefficient (Wildman–Crippen LogP) is 2.51. The van der Waals surface area contributed by atoms with Crippen LogP contribution in [-0.4, -0.2) is 49.8 Å². The van der Waals surface area contributed by atoms with Crippen LogP contribution in [0.2, 0.25) is 0 Å². The average Bonchev–Trinajstić information content (AvgIpc) is 2.83. The fourth-order valence-corrected chi connectivity index (χ4v) is 3.54. The molecule has 2 rings (SSSR count). The normalized spacial score (nSPS) is 28.1. The lowest BCUT2D eigenvalue weighted by Crippen LogP contribution is -2.45. The van der Waals surface area contributed by atoms with E-state index in [4.69, 9.17) is 4.74 Å². The van der Waals surface area contributed by atoms with Crippen LogP contribution in [0.1, 0.15) is 46.5 Å². The summed E-state index contributed by atoms with van der Waals surface area (Å²) in [7, 11) is 0. The number of ether oxygens (including phenoxy) is 1. The molecule has 2 atom stereocenters. The Morgan fingerprint density at radius 2 is 1.89 bits per heavy atom. The zero-order valence-electron chi connectivity index (χ0n) is 13.0. The van der Waals surface area contributed by atoms with Crippen LogP contribution >= 0.6 is 0 Å². The lowest BCUT2D eigenvalue weighted by atomic mass is 9.93. The monoisotopic (exact) mass is 268 g/mol. The van der Waals surface area contributed by atoms with Gasteiger partial charge in [0.2, 0.25) is 0 Å². The minimum Gasteiger partial charge on any atom is -0.381 e. The highest BCUT2D eigenvalue weighted by Gasteiger charge is 2.26. The highest BCUT2D eigenvalue weighted by Crippen LogP contribution is 2.21. The molecule has 0 aromatic heterocycles. The summed E-state index contributed by atoms with van der Waals surface area (Å²) in [6.45, 7) is 12.7. The smallest absolute Gasteiger partial charge is 0.0469 e. The number of hydrogen-bond donors (Lipinski definition) is 1. The molecule has 2 saturated heterocycles. The minimum atomic E-state index is 0.644. The summed E-state index contributed by atoms with van der Waals surface area (Å²) in [6.07, 6.45) is 5.22. The van der Waals surface area contributed by atoms with E-state index in [1.54, 1.807) is 0 Å². The van der Waals surface area contributed by atoms with Crippen LogP contribution in [0.15, 0.2) is 0 Å². The topological polar surface area (TPSA) is 24.5 Å². The summed E-state index contributed by atoms with van der Waals surface area (Å²) in [4.78, 5) is 2.69. The SMILES string of the molecule is CC(C)CN1CCC[C@H]1CNC(C)C1CCOCC1. The Kier molecular flexibility index (Phi) is 6.11. The van der Waals surface area contributed by atoms with Gasteiger partial charge < -0.3 is 10.1 Å². The van der Waals surface area contributed by atoms with E-state index >= 15 is 0 Å². The highest BCUT2D eigenvalue weighted by atomic mass is 16.5. The molecule has 2 heterocycles. The molecule has 112 valence electrons. The molecule has 2 aliphatic rings. The van der Waals surface area contributed by atoms with Gasteiger partial charge >= 0.3 is 0 Å². The van der Waals surface area contributed by atoms with E-state index in [2.05, 4.69) is 31.0 Å². The van der Waals surface area contributed by atoms with Crippen LogP contribution in [0.25, 0.3) is 0 Å². The fraction of sp³-hybridized carbons (Fsp3) is 1.00. The zero-order chi connectivity index (χ0) is 13.7. The van der Waals surface area contributed by atoms with E-state index in [9.17, 15) is 0 Å². The van der Waals surface area contributed by atoms with Crippen molar-refractivity contribution in [3.63, 3.8) is 0 Å². The number of nitrogens with zero attached hydrogens (tertiary/aromatic N) is 1. The first-order valence-corrected chi connectivity index (χ1v) is 8.22. The fourth-order valence-electron chi connectivity index (χ4n) is 3.54. The molecule has 2 fully saturated rings. The zero-order valence-corrected chi connectivity index (χ0v) is 13.0. The van der Waals surface area contributed by atoms with Crippen molar-refractivity contribution in [2.75, 3.05) is 32.8 Å². The standard InChI is InChI=1S/C16H32N2O/c1-13(2)12-18-8-4-5-16(18)11-17-14(3)15-6-9-19-10-7-15/h13-17H,4-12H2,1-3H3/t14?,16-/m0/s1. The van der Waals surface area contributed by atoms with Gasteiger partial charge in [0, 0.05) is 38.4 Å². The van der Waals surface area contributed by atoms with Gasteiger partial charge in [0.25, 0.3) is 0 Å². The third kappa shape index (κ3) is 4.73. The largest absolute Gasteiger partial charge is 0.381 e. The first-order chi connectivity index (χ1) is 9.16. The summed E-state index contributed by atoms with van der Waals surface area (Å²) >= 11 is 0. The third-order valence-electron chi connectivity index (χ3n) is 4.75. The van der Waals surface area contributed by atoms with Gasteiger partial charge in [-0.2, -0.15) is 0 Å². The Balaban J connectivity index is 1.71. The molecule has 0 saturated carbocycles. The van der Waals surface area contributed by atoms with Crippen molar-refractivity contribution in [3.8, 4) is 0 Å².